The standard InChI is InChI=1S/C33H32NO2P/c1-23-22-30(37(35,26-15-8-6-9-16-26)27-17-10-7-11-18-27)31(24(2)33(23)36-5)32-28-19-13-12-14-25(28)20-21-29(32)34(3)4/h6-22H,1-5H3. The zero-order valence-electron chi connectivity index (χ0n) is 22.0. The zero-order chi connectivity index (χ0) is 26.2. The topological polar surface area (TPSA) is 29.5 Å². The molecule has 0 amide bonds. The Morgan fingerprint density at radius 3 is 1.84 bits per heavy atom. The summed E-state index contributed by atoms with van der Waals surface area (Å²) in [5, 5.41) is 4.73. The van der Waals surface area contributed by atoms with Gasteiger partial charge < -0.3 is 14.2 Å². The van der Waals surface area contributed by atoms with Crippen molar-refractivity contribution >= 4 is 39.5 Å². The van der Waals surface area contributed by atoms with E-state index in [1.165, 1.54) is 0 Å². The maximum atomic E-state index is 15.7. The lowest BCUT2D eigenvalue weighted by Crippen LogP contribution is -2.28. The number of aryl methyl sites for hydroxylation is 1. The number of methoxy groups -OCH3 is 1. The van der Waals surface area contributed by atoms with Gasteiger partial charge in [0.15, 0.2) is 7.14 Å². The van der Waals surface area contributed by atoms with E-state index in [1.54, 1.807) is 7.11 Å². The Balaban J connectivity index is 2.01. The monoisotopic (exact) mass is 505 g/mol. The zero-order valence-corrected chi connectivity index (χ0v) is 22.9. The maximum Gasteiger partial charge on any atom is 0.171 e. The van der Waals surface area contributed by atoms with Crippen molar-refractivity contribution in [3.05, 3.63) is 114 Å². The molecule has 3 nitrogen and oxygen atoms in total. The highest BCUT2D eigenvalue weighted by atomic mass is 31.2. The highest BCUT2D eigenvalue weighted by Crippen LogP contribution is 2.50. The van der Waals surface area contributed by atoms with E-state index in [9.17, 15) is 0 Å². The number of fused-ring (bicyclic) bond motifs is 1. The minimum Gasteiger partial charge on any atom is -0.496 e. The Labute approximate surface area is 219 Å². The average molecular weight is 506 g/mol. The second-order valence-electron chi connectivity index (χ2n) is 9.60. The molecule has 0 aliphatic rings. The third-order valence-electron chi connectivity index (χ3n) is 7.10. The first-order valence-electron chi connectivity index (χ1n) is 12.5. The van der Waals surface area contributed by atoms with Crippen LogP contribution in [0.25, 0.3) is 21.9 Å². The number of nitrogens with zero attached hydrogens (tertiary/aromatic N) is 1. The molecule has 5 aromatic rings. The van der Waals surface area contributed by atoms with Crippen LogP contribution in [0.1, 0.15) is 11.1 Å². The summed E-state index contributed by atoms with van der Waals surface area (Å²) in [6.07, 6.45) is 0. The van der Waals surface area contributed by atoms with Gasteiger partial charge in [-0.2, -0.15) is 0 Å². The average Bonchev–Trinajstić information content (AvgIpc) is 2.93. The number of ether oxygens (including phenoxy) is 1. The molecule has 0 saturated carbocycles. The lowest BCUT2D eigenvalue weighted by atomic mass is 9.91. The van der Waals surface area contributed by atoms with Crippen molar-refractivity contribution in [1.82, 2.24) is 0 Å². The molecule has 37 heavy (non-hydrogen) atoms. The molecule has 186 valence electrons. The van der Waals surface area contributed by atoms with Gasteiger partial charge in [-0.3, -0.25) is 0 Å². The summed E-state index contributed by atoms with van der Waals surface area (Å²) in [6, 6.07) is 34.6. The van der Waals surface area contributed by atoms with E-state index in [0.29, 0.717) is 0 Å². The quantitative estimate of drug-likeness (QED) is 0.237. The van der Waals surface area contributed by atoms with Crippen molar-refractivity contribution in [2.45, 2.75) is 13.8 Å². The van der Waals surface area contributed by atoms with Crippen LogP contribution in [-0.2, 0) is 4.57 Å². The summed E-state index contributed by atoms with van der Waals surface area (Å²) >= 11 is 0. The molecule has 0 heterocycles. The fraction of sp³-hybridized carbons (Fsp3) is 0.152. The maximum absolute atomic E-state index is 15.7. The summed E-state index contributed by atoms with van der Waals surface area (Å²) in [6.45, 7) is 4.13. The number of hydrogen-bond donors (Lipinski definition) is 0. The summed E-state index contributed by atoms with van der Waals surface area (Å²) < 4.78 is 21.6. The predicted octanol–water partition coefficient (Wildman–Crippen LogP) is 6.84. The Morgan fingerprint density at radius 2 is 1.27 bits per heavy atom. The fourth-order valence-electron chi connectivity index (χ4n) is 5.42. The Morgan fingerprint density at radius 1 is 0.703 bits per heavy atom. The van der Waals surface area contributed by atoms with Crippen molar-refractivity contribution in [3.8, 4) is 16.9 Å². The molecule has 0 N–H and O–H groups in total. The van der Waals surface area contributed by atoms with Gasteiger partial charge in [-0.25, -0.2) is 0 Å². The van der Waals surface area contributed by atoms with Crippen molar-refractivity contribution in [1.29, 1.82) is 0 Å². The highest BCUT2D eigenvalue weighted by Gasteiger charge is 2.35. The smallest absolute Gasteiger partial charge is 0.171 e. The minimum absolute atomic E-state index is 0.818. The van der Waals surface area contributed by atoms with Gasteiger partial charge in [0.2, 0.25) is 0 Å². The van der Waals surface area contributed by atoms with Crippen molar-refractivity contribution in [2.75, 3.05) is 26.1 Å². The molecule has 0 unspecified atom stereocenters. The van der Waals surface area contributed by atoms with E-state index >= 15 is 4.57 Å². The molecule has 0 saturated heterocycles. The van der Waals surface area contributed by atoms with Crippen LogP contribution >= 0.6 is 7.14 Å². The number of anilines is 1. The first kappa shape index (κ1) is 24.9. The molecule has 4 heteroatoms. The predicted molar refractivity (Wildman–Crippen MR) is 159 cm³/mol. The van der Waals surface area contributed by atoms with E-state index in [0.717, 1.165) is 60.4 Å². The van der Waals surface area contributed by atoms with Crippen LogP contribution in [0.15, 0.2) is 103 Å². The fourth-order valence-corrected chi connectivity index (χ4v) is 8.43. The van der Waals surface area contributed by atoms with Gasteiger partial charge in [-0.05, 0) is 47.9 Å². The lowest BCUT2D eigenvalue weighted by Gasteiger charge is -2.29. The number of benzene rings is 5. The van der Waals surface area contributed by atoms with E-state index in [-0.39, 0.29) is 0 Å². The molecule has 0 atom stereocenters. The molecule has 0 aromatic heterocycles. The van der Waals surface area contributed by atoms with Crippen LogP contribution in [-0.4, -0.2) is 21.2 Å². The van der Waals surface area contributed by atoms with Crippen LogP contribution in [0.3, 0.4) is 0 Å². The summed E-state index contributed by atoms with van der Waals surface area (Å²) in [4.78, 5) is 2.13. The van der Waals surface area contributed by atoms with E-state index in [4.69, 9.17) is 4.74 Å². The van der Waals surface area contributed by atoms with E-state index in [1.807, 2.05) is 67.6 Å². The summed E-state index contributed by atoms with van der Waals surface area (Å²) in [5.74, 6) is 0.823. The molecule has 0 radical (unpaired) electrons. The van der Waals surface area contributed by atoms with Gasteiger partial charge in [0.05, 0.1) is 7.11 Å². The van der Waals surface area contributed by atoms with Gasteiger partial charge in [-0.15, -0.1) is 0 Å². The molecule has 0 aliphatic carbocycles. The van der Waals surface area contributed by atoms with E-state index in [2.05, 4.69) is 68.4 Å². The van der Waals surface area contributed by atoms with Crippen LogP contribution in [0.4, 0.5) is 5.69 Å². The second-order valence-corrected chi connectivity index (χ2v) is 12.3. The third kappa shape index (κ3) is 4.14. The van der Waals surface area contributed by atoms with Crippen molar-refractivity contribution in [3.63, 3.8) is 0 Å². The molecular formula is C33H32NO2P. The van der Waals surface area contributed by atoms with Crippen LogP contribution in [0.2, 0.25) is 0 Å². The molecular weight excluding hydrogens is 473 g/mol. The van der Waals surface area contributed by atoms with Crippen LogP contribution in [0, 0.1) is 13.8 Å². The summed E-state index contributed by atoms with van der Waals surface area (Å²) in [7, 11) is 2.56. The normalized spacial score (nSPS) is 11.5. The SMILES string of the molecule is COc1c(C)cc(P(=O)(c2ccccc2)c2ccccc2)c(-c2c(N(C)C)ccc3ccccc23)c1C. The van der Waals surface area contributed by atoms with E-state index < -0.39 is 7.14 Å². The highest BCUT2D eigenvalue weighted by molar-refractivity contribution is 7.85. The van der Waals surface area contributed by atoms with Gasteiger partial charge in [-0.1, -0.05) is 91.0 Å². The minimum atomic E-state index is -3.27. The Kier molecular flexibility index (Phi) is 6.67. The molecule has 5 rings (SSSR count). The van der Waals surface area contributed by atoms with Crippen molar-refractivity contribution < 1.29 is 9.30 Å². The van der Waals surface area contributed by atoms with Gasteiger partial charge in [0.1, 0.15) is 5.75 Å². The third-order valence-corrected chi connectivity index (χ3v) is 10.2. The van der Waals surface area contributed by atoms with Crippen LogP contribution in [0.5, 0.6) is 5.75 Å². The van der Waals surface area contributed by atoms with Gasteiger partial charge in [0.25, 0.3) is 0 Å². The van der Waals surface area contributed by atoms with Crippen molar-refractivity contribution in [2.24, 2.45) is 0 Å². The Hall–Kier alpha value is -3.81. The first-order valence-corrected chi connectivity index (χ1v) is 14.2. The largest absolute Gasteiger partial charge is 0.496 e. The lowest BCUT2D eigenvalue weighted by molar-refractivity contribution is 0.409. The number of rotatable bonds is 6. The molecule has 0 fully saturated rings. The Bertz CT molecular complexity index is 1580. The molecule has 0 spiro atoms. The second kappa shape index (κ2) is 9.92. The molecule has 0 aliphatic heterocycles. The molecule has 0 bridgehead atoms. The summed E-state index contributed by atoms with van der Waals surface area (Å²) in [5.41, 5.74) is 5.07. The number of hydrogen-bond acceptors (Lipinski definition) is 3. The molecule has 5 aromatic carbocycles. The van der Waals surface area contributed by atoms with Gasteiger partial charge >= 0.3 is 0 Å². The first-order chi connectivity index (χ1) is 17.9. The van der Waals surface area contributed by atoms with Crippen LogP contribution < -0.4 is 25.6 Å². The van der Waals surface area contributed by atoms with Gasteiger partial charge in [0, 0.05) is 46.8 Å².